The van der Waals surface area contributed by atoms with Gasteiger partial charge in [0.05, 0.1) is 25.9 Å². The summed E-state index contributed by atoms with van der Waals surface area (Å²) in [6.45, 7) is -1.50. The van der Waals surface area contributed by atoms with Gasteiger partial charge in [-0.1, -0.05) is 0 Å². The van der Waals surface area contributed by atoms with Crippen molar-refractivity contribution in [3.63, 3.8) is 0 Å². The van der Waals surface area contributed by atoms with Crippen molar-refractivity contribution >= 4 is 49.9 Å². The van der Waals surface area contributed by atoms with E-state index in [4.69, 9.17) is 34.7 Å². The number of hydrogen-bond donors (Lipinski definition) is 8. The number of nitrogens with one attached hydrogen (secondary N) is 1. The average molecular weight is 690 g/mol. The molecule has 2 aliphatic rings. The molecule has 2 fully saturated rings. The lowest BCUT2D eigenvalue weighted by Crippen LogP contribution is -2.37. The van der Waals surface area contributed by atoms with Gasteiger partial charge in [0.25, 0.3) is 5.56 Å². The summed E-state index contributed by atoms with van der Waals surface area (Å²) in [5.41, 5.74) is 10.9. The van der Waals surface area contributed by atoms with Gasteiger partial charge in [-0.05, 0) is 0 Å². The van der Waals surface area contributed by atoms with E-state index < -0.39 is 90.1 Å². The number of nitrogens with two attached hydrogens (primary N) is 2. The van der Waals surface area contributed by atoms with Crippen LogP contribution in [0, 0.1) is 0 Å². The molecule has 2 saturated heterocycles. The van der Waals surface area contributed by atoms with Crippen LogP contribution in [0.25, 0.3) is 22.3 Å². The van der Waals surface area contributed by atoms with E-state index in [1.807, 2.05) is 0 Å². The predicted octanol–water partition coefficient (Wildman–Crippen LogP) is -3.06. The number of fused-ring (bicyclic) bond motifs is 2. The van der Waals surface area contributed by atoms with Crippen LogP contribution in [-0.2, 0) is 32.4 Å². The van der Waals surface area contributed by atoms with Crippen molar-refractivity contribution in [3.05, 3.63) is 29.3 Å². The predicted molar refractivity (Wildman–Crippen MR) is 151 cm³/mol. The summed E-state index contributed by atoms with van der Waals surface area (Å²) in [7, 11) is -8.31. The number of phosphoric ester groups is 1. The van der Waals surface area contributed by atoms with Crippen LogP contribution in [0.3, 0.4) is 0 Å². The van der Waals surface area contributed by atoms with Crippen molar-refractivity contribution in [2.24, 2.45) is 0 Å². The third-order valence-corrected chi connectivity index (χ3v) is 8.64. The molecule has 6 heterocycles. The highest BCUT2D eigenvalue weighted by atomic mass is 31.2. The van der Waals surface area contributed by atoms with Crippen LogP contribution in [0.5, 0.6) is 0 Å². The van der Waals surface area contributed by atoms with Crippen LogP contribution in [0.1, 0.15) is 12.5 Å². The molecule has 0 spiro atoms. The number of aromatic nitrogens is 8. The molecule has 0 saturated carbocycles. The third kappa shape index (κ3) is 6.03. The van der Waals surface area contributed by atoms with Gasteiger partial charge < -0.3 is 50.8 Å². The molecule has 0 aromatic carbocycles. The molecule has 0 amide bonds. The number of aliphatic hydroxyl groups is 3. The molecule has 6 rings (SSSR count). The Morgan fingerprint density at radius 3 is 2.41 bits per heavy atom. The van der Waals surface area contributed by atoms with Crippen LogP contribution in [0.2, 0.25) is 0 Å². The molecule has 0 aliphatic carbocycles. The Hall–Kier alpha value is -3.44. The van der Waals surface area contributed by atoms with E-state index in [2.05, 4.69) is 29.9 Å². The minimum absolute atomic E-state index is 0.0516. The first-order valence-corrected chi connectivity index (χ1v) is 16.4. The van der Waals surface area contributed by atoms with Gasteiger partial charge in [0.2, 0.25) is 14.0 Å². The number of aliphatic hydroxyl groups excluding tert-OH is 3. The van der Waals surface area contributed by atoms with Gasteiger partial charge in [-0.3, -0.25) is 32.5 Å². The lowest BCUT2D eigenvalue weighted by molar-refractivity contribution is -0.0649. The fraction of sp³-hybridized carbons (Fsp3) is 0.524. The molecule has 4 aromatic rings. The molecule has 0 bridgehead atoms. The van der Waals surface area contributed by atoms with E-state index in [1.54, 1.807) is 0 Å². The average Bonchev–Trinajstić information content (AvgIpc) is 3.76. The largest absolute Gasteiger partial charge is 0.472 e. The number of imidazole rings is 2. The number of nitrogens with zero attached hydrogens (tertiary/aromatic N) is 7. The first kappa shape index (κ1) is 32.5. The molecule has 5 unspecified atom stereocenters. The molecule has 10 atom stereocenters. The molecule has 23 nitrogen and oxygen atoms in total. The van der Waals surface area contributed by atoms with Crippen LogP contribution in [0.4, 0.5) is 11.8 Å². The van der Waals surface area contributed by atoms with Crippen LogP contribution in [-0.4, -0.2) is 120 Å². The maximum Gasteiger partial charge on any atom is 0.472 e. The summed E-state index contributed by atoms with van der Waals surface area (Å²) in [6.07, 6.45) is -8.78. The number of rotatable bonds is 11. The van der Waals surface area contributed by atoms with Crippen molar-refractivity contribution in [1.82, 2.24) is 39.0 Å². The Kier molecular flexibility index (Phi) is 8.93. The molecule has 4 aromatic heterocycles. The second-order valence-corrected chi connectivity index (χ2v) is 12.6. The maximum absolute atomic E-state index is 13.2. The second kappa shape index (κ2) is 12.6. The van der Waals surface area contributed by atoms with E-state index >= 15 is 0 Å². The monoisotopic (exact) mass is 690 g/mol. The standard InChI is InChI=1S/C21H28N10O13P2/c22-15-9-16(25-3-24-15)30(4-26-9)19-12(34)13(40-6-45(36)37)8(43-19)2-41-46(38,39)44-14-11(33)7(1-32)42-20(14)31-5-27-10-17(31)28-21(23)29-18(10)35/h3-5,7-8,11-14,19-20,32-34,45H,1-2,6H2,(H,36,37)(H,38,39)(H2,22,24,25)(H3,23,28,29,35)/t7-,8-,11+,12?,13?,14?,19-,20-/m1/s1. The van der Waals surface area contributed by atoms with Gasteiger partial charge in [-0.2, -0.15) is 4.98 Å². The highest BCUT2D eigenvalue weighted by molar-refractivity contribution is 7.47. The fourth-order valence-electron chi connectivity index (χ4n) is 5.20. The van der Waals surface area contributed by atoms with Crippen molar-refractivity contribution in [1.29, 1.82) is 0 Å². The molecule has 0 radical (unpaired) electrons. The maximum atomic E-state index is 13.2. The van der Waals surface area contributed by atoms with Gasteiger partial charge in [0, 0.05) is 0 Å². The molecule has 250 valence electrons. The summed E-state index contributed by atoms with van der Waals surface area (Å²) in [5, 5.41) is 31.6. The summed E-state index contributed by atoms with van der Waals surface area (Å²) in [4.78, 5) is 54.5. The first-order chi connectivity index (χ1) is 21.9. The summed E-state index contributed by atoms with van der Waals surface area (Å²) in [5.74, 6) is -0.222. The van der Waals surface area contributed by atoms with E-state index in [1.165, 1.54) is 10.9 Å². The zero-order valence-corrected chi connectivity index (χ0v) is 25.1. The number of aromatic amines is 1. The normalized spacial score (nSPS) is 30.3. The summed E-state index contributed by atoms with van der Waals surface area (Å²) < 4.78 is 54.4. The Morgan fingerprint density at radius 2 is 1.70 bits per heavy atom. The van der Waals surface area contributed by atoms with Gasteiger partial charge in [0.15, 0.2) is 35.1 Å². The van der Waals surface area contributed by atoms with Crippen molar-refractivity contribution in [2.75, 3.05) is 31.0 Å². The number of nitrogen functional groups attached to an aromatic ring is 2. The smallest absolute Gasteiger partial charge is 0.394 e. The number of ether oxygens (including phenoxy) is 3. The summed E-state index contributed by atoms with van der Waals surface area (Å²) >= 11 is 0. The molecule has 46 heavy (non-hydrogen) atoms. The molecular formula is C21H28N10O13P2. The van der Waals surface area contributed by atoms with Gasteiger partial charge >= 0.3 is 7.82 Å². The van der Waals surface area contributed by atoms with Crippen LogP contribution < -0.4 is 17.0 Å². The first-order valence-electron chi connectivity index (χ1n) is 13.3. The number of H-pyrrole nitrogens is 1. The Balaban J connectivity index is 1.22. The van der Waals surface area contributed by atoms with Gasteiger partial charge in [-0.15, -0.1) is 0 Å². The van der Waals surface area contributed by atoms with Gasteiger partial charge in [0.1, 0.15) is 54.8 Å². The molecular weight excluding hydrogens is 662 g/mol. The Labute approximate surface area is 256 Å². The van der Waals surface area contributed by atoms with Crippen molar-refractivity contribution < 1.29 is 57.5 Å². The zero-order valence-electron chi connectivity index (χ0n) is 23.2. The quantitative estimate of drug-likeness (QED) is 0.0724. The van der Waals surface area contributed by atoms with E-state index in [0.29, 0.717) is 0 Å². The third-order valence-electron chi connectivity index (χ3n) is 7.24. The lowest BCUT2D eigenvalue weighted by Gasteiger charge is -2.25. The molecule has 2 aliphatic heterocycles. The topological polar surface area (TPSA) is 341 Å². The lowest BCUT2D eigenvalue weighted by atomic mass is 10.1. The molecule has 25 heteroatoms. The number of hydrogen-bond acceptors (Lipinski definition) is 18. The van der Waals surface area contributed by atoms with E-state index in [-0.39, 0.29) is 34.1 Å². The molecule has 10 N–H and O–H groups in total. The van der Waals surface area contributed by atoms with E-state index in [9.17, 15) is 39.0 Å². The summed E-state index contributed by atoms with van der Waals surface area (Å²) in [6, 6.07) is 0. The van der Waals surface area contributed by atoms with Crippen molar-refractivity contribution in [3.8, 4) is 0 Å². The minimum Gasteiger partial charge on any atom is -0.394 e. The number of phosphoric acid groups is 1. The second-order valence-electron chi connectivity index (χ2n) is 10.2. The van der Waals surface area contributed by atoms with Crippen LogP contribution in [0.15, 0.2) is 23.8 Å². The van der Waals surface area contributed by atoms with Gasteiger partial charge in [-0.25, -0.2) is 24.5 Å². The van der Waals surface area contributed by atoms with E-state index in [0.717, 1.165) is 17.2 Å². The van der Waals surface area contributed by atoms with Crippen LogP contribution >= 0.6 is 15.9 Å². The Morgan fingerprint density at radius 1 is 1.00 bits per heavy atom. The fourth-order valence-corrected chi connectivity index (χ4v) is 6.47. The van der Waals surface area contributed by atoms with Crippen molar-refractivity contribution in [2.45, 2.75) is 49.1 Å². The highest BCUT2D eigenvalue weighted by Crippen LogP contribution is 2.50. The number of anilines is 2. The Bertz CT molecular complexity index is 1870. The highest BCUT2D eigenvalue weighted by Gasteiger charge is 2.51. The minimum atomic E-state index is -5.14. The zero-order chi connectivity index (χ0) is 32.9. The SMILES string of the molecule is Nc1nc2c(ncn2[C@@H]2O[C@H](CO)[C@H](O)C2OP(=O)(O)OC[C@H]2O[C@@H](n3cnc4c(N)ncnc43)C(O)C2OC[PH](=O)O)c(=O)[nH]1.